The number of carbonyl (C=O) groups is 2. The van der Waals surface area contributed by atoms with E-state index >= 15 is 0 Å². The summed E-state index contributed by atoms with van der Waals surface area (Å²) in [4.78, 5) is 29.2. The topological polar surface area (TPSA) is 105 Å². The molecule has 1 atom stereocenters. The Morgan fingerprint density at radius 2 is 1.55 bits per heavy atom. The lowest BCUT2D eigenvalue weighted by Gasteiger charge is -2.33. The van der Waals surface area contributed by atoms with Crippen LogP contribution in [0.3, 0.4) is 0 Å². The zero-order chi connectivity index (χ0) is 32.4. The molecule has 238 valence electrons. The molecule has 0 saturated carbocycles. The zero-order valence-electron chi connectivity index (χ0n) is 26.8. The van der Waals surface area contributed by atoms with Crippen LogP contribution in [-0.4, -0.2) is 58.5 Å². The third-order valence-electron chi connectivity index (χ3n) is 7.53. The van der Waals surface area contributed by atoms with Crippen LogP contribution in [0.5, 0.6) is 11.5 Å². The van der Waals surface area contributed by atoms with E-state index in [-0.39, 0.29) is 23.1 Å². The van der Waals surface area contributed by atoms with Crippen molar-refractivity contribution in [3.63, 3.8) is 0 Å². The van der Waals surface area contributed by atoms with Gasteiger partial charge >= 0.3 is 0 Å². The lowest BCUT2D eigenvalue weighted by Crippen LogP contribution is -2.52. The van der Waals surface area contributed by atoms with Gasteiger partial charge in [-0.15, -0.1) is 0 Å². The summed E-state index contributed by atoms with van der Waals surface area (Å²) >= 11 is 0. The molecule has 1 N–H and O–H groups in total. The summed E-state index contributed by atoms with van der Waals surface area (Å²) in [6, 6.07) is 16.6. The van der Waals surface area contributed by atoms with Gasteiger partial charge in [-0.3, -0.25) is 13.9 Å². The van der Waals surface area contributed by atoms with Gasteiger partial charge in [0.25, 0.3) is 10.0 Å². The first kappa shape index (κ1) is 34.4. The minimum Gasteiger partial charge on any atom is -0.493 e. The van der Waals surface area contributed by atoms with E-state index in [0.717, 1.165) is 39.4 Å². The molecule has 44 heavy (non-hydrogen) atoms. The standard InChI is InChI=1S/C34H45N3O6S/c1-8-10-17-35-34(39)30(9-2)36(22-27-14-12-11-13-26(27)5)33(38)23-37(28-19-24(3)18-25(4)20-28)44(40,41)29-15-16-31(42-6)32(21-29)43-7/h11-16,18-21,30H,8-10,17,22-23H2,1-7H3,(H,35,39)/t30-/m0/s1. The molecule has 0 bridgehead atoms. The number of hydrogen-bond acceptors (Lipinski definition) is 6. The molecule has 0 aliphatic rings. The molecule has 0 unspecified atom stereocenters. The van der Waals surface area contributed by atoms with Crippen molar-refractivity contribution >= 4 is 27.5 Å². The van der Waals surface area contributed by atoms with Gasteiger partial charge in [0.05, 0.1) is 24.8 Å². The third-order valence-corrected chi connectivity index (χ3v) is 9.30. The second-order valence-electron chi connectivity index (χ2n) is 10.9. The van der Waals surface area contributed by atoms with Gasteiger partial charge in [0, 0.05) is 19.2 Å². The average molecular weight is 624 g/mol. The molecule has 2 amide bonds. The number of rotatable bonds is 15. The van der Waals surface area contributed by atoms with Gasteiger partial charge in [0.1, 0.15) is 12.6 Å². The fraction of sp³-hybridized carbons (Fsp3) is 0.412. The van der Waals surface area contributed by atoms with Crippen LogP contribution in [0, 0.1) is 20.8 Å². The number of unbranched alkanes of at least 4 members (excludes halogenated alkanes) is 1. The Bertz CT molecular complexity index is 1540. The normalized spacial score (nSPS) is 11.9. The van der Waals surface area contributed by atoms with Crippen molar-refractivity contribution in [2.24, 2.45) is 0 Å². The maximum absolute atomic E-state index is 14.3. The number of nitrogens with one attached hydrogen (secondary N) is 1. The van der Waals surface area contributed by atoms with Gasteiger partial charge in [0.2, 0.25) is 11.8 Å². The number of sulfonamides is 1. The number of anilines is 1. The van der Waals surface area contributed by atoms with E-state index in [1.807, 2.05) is 65.0 Å². The van der Waals surface area contributed by atoms with Gasteiger partial charge in [-0.1, -0.05) is 50.6 Å². The van der Waals surface area contributed by atoms with Gasteiger partial charge in [-0.2, -0.15) is 0 Å². The number of nitrogens with zero attached hydrogens (tertiary/aromatic N) is 2. The number of aryl methyl sites for hydroxylation is 3. The van der Waals surface area contributed by atoms with E-state index in [0.29, 0.717) is 24.4 Å². The lowest BCUT2D eigenvalue weighted by atomic mass is 10.1. The molecule has 0 radical (unpaired) electrons. The summed E-state index contributed by atoms with van der Waals surface area (Å²) in [6.07, 6.45) is 2.10. The van der Waals surface area contributed by atoms with Crippen molar-refractivity contribution in [2.75, 3.05) is 31.6 Å². The molecule has 3 aromatic rings. The Balaban J connectivity index is 2.12. The number of hydrogen-bond donors (Lipinski definition) is 1. The van der Waals surface area contributed by atoms with Crippen molar-refractivity contribution < 1.29 is 27.5 Å². The Hall–Kier alpha value is -4.05. The molecular formula is C34H45N3O6S. The SMILES string of the molecule is CCCCNC(=O)[C@H](CC)N(Cc1ccccc1C)C(=O)CN(c1cc(C)cc(C)c1)S(=O)(=O)c1ccc(OC)c(OC)c1. The van der Waals surface area contributed by atoms with Crippen LogP contribution in [-0.2, 0) is 26.2 Å². The lowest BCUT2D eigenvalue weighted by molar-refractivity contribution is -0.140. The maximum Gasteiger partial charge on any atom is 0.264 e. The summed E-state index contributed by atoms with van der Waals surface area (Å²) in [5, 5.41) is 2.96. The molecule has 0 heterocycles. The molecule has 0 aromatic heterocycles. The average Bonchev–Trinajstić information content (AvgIpc) is 2.99. The highest BCUT2D eigenvalue weighted by molar-refractivity contribution is 7.92. The minimum atomic E-state index is -4.28. The largest absolute Gasteiger partial charge is 0.493 e. The predicted molar refractivity (Wildman–Crippen MR) is 174 cm³/mol. The molecule has 0 aliphatic heterocycles. The highest BCUT2D eigenvalue weighted by Gasteiger charge is 2.34. The molecule has 3 aromatic carbocycles. The van der Waals surface area contributed by atoms with Gasteiger partial charge in [0.15, 0.2) is 11.5 Å². The molecule has 0 aliphatic carbocycles. The van der Waals surface area contributed by atoms with Crippen LogP contribution in [0.4, 0.5) is 5.69 Å². The monoisotopic (exact) mass is 623 g/mol. The van der Waals surface area contributed by atoms with Crippen molar-refractivity contribution in [1.82, 2.24) is 10.2 Å². The summed E-state index contributed by atoms with van der Waals surface area (Å²) in [7, 11) is -1.38. The highest BCUT2D eigenvalue weighted by Crippen LogP contribution is 2.33. The first-order chi connectivity index (χ1) is 21.0. The Morgan fingerprint density at radius 1 is 0.886 bits per heavy atom. The third kappa shape index (κ3) is 8.31. The summed E-state index contributed by atoms with van der Waals surface area (Å²) < 4.78 is 40.4. The van der Waals surface area contributed by atoms with Crippen molar-refractivity contribution in [3.8, 4) is 11.5 Å². The van der Waals surface area contributed by atoms with E-state index in [1.54, 1.807) is 12.1 Å². The Morgan fingerprint density at radius 3 is 2.14 bits per heavy atom. The van der Waals surface area contributed by atoms with Crippen LogP contribution < -0.4 is 19.1 Å². The van der Waals surface area contributed by atoms with E-state index in [9.17, 15) is 18.0 Å². The fourth-order valence-corrected chi connectivity index (χ4v) is 6.54. The second-order valence-corrected chi connectivity index (χ2v) is 12.8. The van der Waals surface area contributed by atoms with Gasteiger partial charge in [-0.25, -0.2) is 8.42 Å². The van der Waals surface area contributed by atoms with Crippen molar-refractivity contribution in [1.29, 1.82) is 0 Å². The summed E-state index contributed by atoms with van der Waals surface area (Å²) in [5.41, 5.74) is 3.89. The number of benzene rings is 3. The van der Waals surface area contributed by atoms with Gasteiger partial charge in [-0.05, 0) is 80.1 Å². The molecule has 0 saturated heterocycles. The second kappa shape index (κ2) is 15.6. The van der Waals surface area contributed by atoms with E-state index < -0.39 is 28.5 Å². The molecule has 9 nitrogen and oxygen atoms in total. The number of carbonyl (C=O) groups excluding carboxylic acids is 2. The highest BCUT2D eigenvalue weighted by atomic mass is 32.2. The number of amides is 2. The number of methoxy groups -OCH3 is 2. The molecule has 10 heteroatoms. The van der Waals surface area contributed by atoms with Crippen molar-refractivity contribution in [2.45, 2.75) is 71.4 Å². The Labute approximate surface area is 262 Å². The van der Waals surface area contributed by atoms with E-state index in [2.05, 4.69) is 5.32 Å². The van der Waals surface area contributed by atoms with Gasteiger partial charge < -0.3 is 19.7 Å². The number of ether oxygens (including phenoxy) is 2. The summed E-state index contributed by atoms with van der Waals surface area (Å²) in [6.45, 7) is 9.73. The first-order valence-corrected chi connectivity index (χ1v) is 16.4. The predicted octanol–water partition coefficient (Wildman–Crippen LogP) is 5.55. The quantitative estimate of drug-likeness (QED) is 0.223. The van der Waals surface area contributed by atoms with E-state index in [1.165, 1.54) is 37.3 Å². The van der Waals surface area contributed by atoms with Crippen molar-refractivity contribution in [3.05, 3.63) is 82.9 Å². The maximum atomic E-state index is 14.3. The van der Waals surface area contributed by atoms with Crippen LogP contribution in [0.25, 0.3) is 0 Å². The first-order valence-electron chi connectivity index (χ1n) is 14.9. The molecule has 0 spiro atoms. The smallest absolute Gasteiger partial charge is 0.264 e. The minimum absolute atomic E-state index is 0.0584. The van der Waals surface area contributed by atoms with Crippen LogP contribution >= 0.6 is 0 Å². The van der Waals surface area contributed by atoms with Crippen LogP contribution in [0.1, 0.15) is 55.4 Å². The Kier molecular flexibility index (Phi) is 12.2. The molecule has 0 fully saturated rings. The van der Waals surface area contributed by atoms with E-state index in [4.69, 9.17) is 9.47 Å². The fourth-order valence-electron chi connectivity index (χ4n) is 5.12. The summed E-state index contributed by atoms with van der Waals surface area (Å²) in [5.74, 6) is -0.126. The van der Waals surface area contributed by atoms with Crippen LogP contribution in [0.2, 0.25) is 0 Å². The zero-order valence-corrected chi connectivity index (χ0v) is 27.7. The molecule has 3 rings (SSSR count). The van der Waals surface area contributed by atoms with Crippen LogP contribution in [0.15, 0.2) is 65.6 Å². The molecular weight excluding hydrogens is 578 g/mol.